The molecule has 0 aliphatic rings. The van der Waals surface area contributed by atoms with Crippen LogP contribution in [0.2, 0.25) is 0 Å². The second-order valence-corrected chi connectivity index (χ2v) is 5.21. The first-order valence-corrected chi connectivity index (χ1v) is 9.07. The predicted molar refractivity (Wildman–Crippen MR) is 110 cm³/mol. The molecule has 0 radical (unpaired) electrons. The van der Waals surface area contributed by atoms with Gasteiger partial charge in [-0.05, 0) is 0 Å². The summed E-state index contributed by atoms with van der Waals surface area (Å²) >= 11 is 1.30. The number of fused-ring (bicyclic) bond motifs is 2. The molecule has 24 heavy (non-hydrogen) atoms. The van der Waals surface area contributed by atoms with E-state index in [1.54, 1.807) is 0 Å². The Kier molecular flexibility index (Phi) is 11.0. The summed E-state index contributed by atoms with van der Waals surface area (Å²) in [6, 6.07) is 25.5. The molecule has 0 aliphatic heterocycles. The standard InChI is InChI=1S/2C10H9.CH2.2ClH.Zr/c2*1-8-6-7-9-4-2-3-5-10(8)9;;;;/h2*2-7H,1H3;1H2;2*1H;/q2*-1;;;;+2. The molecule has 0 bridgehead atoms. The van der Waals surface area contributed by atoms with Gasteiger partial charge in [-0.15, -0.1) is 93.9 Å². The summed E-state index contributed by atoms with van der Waals surface area (Å²) in [4.78, 5) is 0. The fourth-order valence-corrected chi connectivity index (χ4v) is 2.61. The van der Waals surface area contributed by atoms with E-state index in [-0.39, 0.29) is 24.8 Å². The summed E-state index contributed by atoms with van der Waals surface area (Å²) in [6.07, 6.45) is 0. The van der Waals surface area contributed by atoms with Crippen molar-refractivity contribution in [3.63, 3.8) is 0 Å². The van der Waals surface area contributed by atoms with E-state index in [4.69, 9.17) is 0 Å². The first kappa shape index (κ1) is 23.0. The third-order valence-electron chi connectivity index (χ3n) is 3.80. The molecular weight excluding hydrogens is 414 g/mol. The van der Waals surface area contributed by atoms with Crippen molar-refractivity contribution in [1.82, 2.24) is 0 Å². The van der Waals surface area contributed by atoms with Crippen molar-refractivity contribution >= 4 is 50.6 Å². The fourth-order valence-electron chi connectivity index (χ4n) is 2.61. The van der Waals surface area contributed by atoms with Gasteiger partial charge in [0.1, 0.15) is 0 Å². The van der Waals surface area contributed by atoms with Crippen LogP contribution in [0.15, 0.2) is 72.8 Å². The fraction of sp³-hybridized carbons (Fsp3) is 0.0952. The van der Waals surface area contributed by atoms with Crippen molar-refractivity contribution < 1.29 is 24.2 Å². The maximum absolute atomic E-state index is 3.34. The van der Waals surface area contributed by atoms with Crippen LogP contribution in [0, 0.1) is 13.8 Å². The van der Waals surface area contributed by atoms with Crippen LogP contribution >= 0.6 is 24.8 Å². The number of rotatable bonds is 0. The monoisotopic (exact) mass is 434 g/mol. The molecule has 0 saturated heterocycles. The maximum atomic E-state index is 3.34. The number of halogens is 2. The molecule has 3 heteroatoms. The minimum atomic E-state index is 0. The Morgan fingerprint density at radius 3 is 1.29 bits per heavy atom. The average Bonchev–Trinajstić information content (AvgIpc) is 3.15. The van der Waals surface area contributed by atoms with Gasteiger partial charge in [-0.1, -0.05) is 26.0 Å². The number of hydrogen-bond acceptors (Lipinski definition) is 0. The quantitative estimate of drug-likeness (QED) is 0.275. The van der Waals surface area contributed by atoms with Gasteiger partial charge in [0.2, 0.25) is 0 Å². The van der Waals surface area contributed by atoms with E-state index in [2.05, 4.69) is 90.9 Å². The zero-order chi connectivity index (χ0) is 15.9. The average molecular weight is 437 g/mol. The van der Waals surface area contributed by atoms with Gasteiger partial charge in [-0.3, -0.25) is 0 Å². The summed E-state index contributed by atoms with van der Waals surface area (Å²) < 4.78 is 3.34. The van der Waals surface area contributed by atoms with Crippen LogP contribution in [-0.2, 0) is 24.2 Å². The molecule has 0 aliphatic carbocycles. The van der Waals surface area contributed by atoms with E-state index >= 15 is 0 Å². The van der Waals surface area contributed by atoms with Crippen molar-refractivity contribution in [2.75, 3.05) is 0 Å². The van der Waals surface area contributed by atoms with Crippen LogP contribution < -0.4 is 0 Å². The van der Waals surface area contributed by atoms with Gasteiger partial charge in [-0.2, -0.15) is 24.3 Å². The first-order chi connectivity index (χ1) is 10.8. The summed E-state index contributed by atoms with van der Waals surface area (Å²) in [5.41, 5.74) is 2.74. The Morgan fingerprint density at radius 1 is 0.625 bits per heavy atom. The van der Waals surface area contributed by atoms with Gasteiger partial charge >= 0.3 is 28.4 Å². The Bertz CT molecular complexity index is 786. The second-order valence-electron chi connectivity index (χ2n) is 5.21. The number of hydrogen-bond donors (Lipinski definition) is 0. The first-order valence-electron chi connectivity index (χ1n) is 7.33. The van der Waals surface area contributed by atoms with Gasteiger partial charge in [0, 0.05) is 0 Å². The zero-order valence-corrected chi connectivity index (χ0v) is 18.0. The van der Waals surface area contributed by atoms with Crippen molar-refractivity contribution in [2.45, 2.75) is 13.8 Å². The number of aryl methyl sites for hydroxylation is 2. The van der Waals surface area contributed by atoms with Crippen LogP contribution in [0.1, 0.15) is 11.1 Å². The van der Waals surface area contributed by atoms with Gasteiger partial charge in [0.25, 0.3) is 0 Å². The third kappa shape index (κ3) is 5.52. The molecule has 0 saturated carbocycles. The van der Waals surface area contributed by atoms with Crippen LogP contribution in [0.25, 0.3) is 21.5 Å². The van der Waals surface area contributed by atoms with Crippen LogP contribution in [0.4, 0.5) is 0 Å². The molecule has 0 unspecified atom stereocenters. The van der Waals surface area contributed by atoms with E-state index in [1.165, 1.54) is 56.9 Å². The molecule has 0 nitrogen and oxygen atoms in total. The third-order valence-corrected chi connectivity index (χ3v) is 3.80. The van der Waals surface area contributed by atoms with Crippen LogP contribution in [0.5, 0.6) is 0 Å². The van der Waals surface area contributed by atoms with Crippen molar-refractivity contribution in [2.24, 2.45) is 0 Å². The molecule has 0 fully saturated rings. The minimum absolute atomic E-state index is 0. The van der Waals surface area contributed by atoms with Crippen molar-refractivity contribution in [3.8, 4) is 0 Å². The summed E-state index contributed by atoms with van der Waals surface area (Å²) in [7, 11) is 0. The van der Waals surface area contributed by atoms with Crippen LogP contribution in [0.3, 0.4) is 0 Å². The molecule has 0 amide bonds. The van der Waals surface area contributed by atoms with Gasteiger partial charge in [0.05, 0.1) is 0 Å². The molecule has 0 atom stereocenters. The molecule has 4 aromatic carbocycles. The molecule has 4 rings (SSSR count). The van der Waals surface area contributed by atoms with Crippen LogP contribution in [-0.4, -0.2) is 4.21 Å². The SMILES string of the molecule is C[c-]1ccc2ccccc21.C[c-]1ccc2ccccc21.Cl.Cl.[CH2]=[Zr+2]. The predicted octanol–water partition coefficient (Wildman–Crippen LogP) is 6.54. The van der Waals surface area contributed by atoms with Gasteiger partial charge < -0.3 is 0 Å². The summed E-state index contributed by atoms with van der Waals surface area (Å²) in [5.74, 6) is 0. The van der Waals surface area contributed by atoms with Gasteiger partial charge in [0.15, 0.2) is 0 Å². The molecule has 124 valence electrons. The Hall–Kier alpha value is -1.01. The molecule has 0 N–H and O–H groups in total. The van der Waals surface area contributed by atoms with E-state index in [0.717, 1.165) is 0 Å². The topological polar surface area (TPSA) is 0 Å². The molecule has 0 aromatic heterocycles. The van der Waals surface area contributed by atoms with E-state index in [1.807, 2.05) is 0 Å². The Labute approximate surface area is 171 Å². The molecular formula is C21H22Cl2Zr. The van der Waals surface area contributed by atoms with E-state index in [0.29, 0.717) is 0 Å². The van der Waals surface area contributed by atoms with Crippen molar-refractivity contribution in [1.29, 1.82) is 0 Å². The second kappa shape index (κ2) is 11.5. The Balaban J connectivity index is 0.000000372. The summed E-state index contributed by atoms with van der Waals surface area (Å²) in [5, 5.41) is 5.45. The van der Waals surface area contributed by atoms with E-state index in [9.17, 15) is 0 Å². The zero-order valence-electron chi connectivity index (χ0n) is 14.0. The molecule has 4 aromatic rings. The molecule has 0 heterocycles. The van der Waals surface area contributed by atoms with Gasteiger partial charge in [-0.25, -0.2) is 0 Å². The number of benzene rings is 2. The Morgan fingerprint density at radius 2 is 0.958 bits per heavy atom. The van der Waals surface area contributed by atoms with Crippen molar-refractivity contribution in [3.05, 3.63) is 83.9 Å². The normalized spacial score (nSPS) is 9.00. The summed E-state index contributed by atoms with van der Waals surface area (Å²) in [6.45, 7) is 4.28. The van der Waals surface area contributed by atoms with E-state index < -0.39 is 0 Å². The molecule has 0 spiro atoms.